The van der Waals surface area contributed by atoms with Gasteiger partial charge in [0.2, 0.25) is 11.8 Å². The number of hydrogen-bond donors (Lipinski definition) is 1. The van der Waals surface area contributed by atoms with Crippen molar-refractivity contribution in [2.24, 2.45) is 11.8 Å². The first-order valence-electron chi connectivity index (χ1n) is 9.49. The molecule has 2 saturated heterocycles. The molecule has 0 radical (unpaired) electrons. The summed E-state index contributed by atoms with van der Waals surface area (Å²) >= 11 is 0. The number of rotatable bonds is 5. The summed E-state index contributed by atoms with van der Waals surface area (Å²) in [5, 5.41) is 3.17. The lowest BCUT2D eigenvalue weighted by atomic mass is 9.92. The van der Waals surface area contributed by atoms with Gasteiger partial charge in [-0.25, -0.2) is 4.39 Å². The van der Waals surface area contributed by atoms with Crippen molar-refractivity contribution < 1.29 is 14.0 Å². The normalized spacial score (nSPS) is 21.5. The molecule has 3 rings (SSSR count). The number of anilines is 1. The molecule has 0 spiro atoms. The molecule has 6 heteroatoms. The lowest BCUT2D eigenvalue weighted by Crippen LogP contribution is -2.42. The quantitative estimate of drug-likeness (QED) is 0.876. The Hall–Kier alpha value is -1.95. The molecule has 2 fully saturated rings. The highest BCUT2D eigenvalue weighted by Gasteiger charge is 2.38. The van der Waals surface area contributed by atoms with Gasteiger partial charge >= 0.3 is 0 Å². The predicted octanol–water partition coefficient (Wildman–Crippen LogP) is 2.34. The number of amides is 2. The van der Waals surface area contributed by atoms with E-state index in [1.807, 2.05) is 18.9 Å². The van der Waals surface area contributed by atoms with Gasteiger partial charge in [-0.1, -0.05) is 6.07 Å². The van der Waals surface area contributed by atoms with E-state index in [1.165, 1.54) is 11.0 Å². The maximum absolute atomic E-state index is 14.2. The fourth-order valence-electron chi connectivity index (χ4n) is 3.99. The molecule has 1 aromatic carbocycles. The zero-order chi connectivity index (χ0) is 18.7. The van der Waals surface area contributed by atoms with Crippen LogP contribution < -0.4 is 10.2 Å². The van der Waals surface area contributed by atoms with Crippen LogP contribution in [0.1, 0.15) is 31.2 Å². The molecule has 2 heterocycles. The van der Waals surface area contributed by atoms with Gasteiger partial charge in [0.25, 0.3) is 0 Å². The maximum atomic E-state index is 14.2. The second-order valence-corrected chi connectivity index (χ2v) is 7.52. The third-order valence-corrected chi connectivity index (χ3v) is 5.60. The Labute approximate surface area is 154 Å². The molecular formula is C20H28FN3O2. The number of nitrogens with zero attached hydrogens (tertiary/aromatic N) is 2. The summed E-state index contributed by atoms with van der Waals surface area (Å²) < 4.78 is 14.2. The van der Waals surface area contributed by atoms with Gasteiger partial charge in [0.05, 0.1) is 11.6 Å². The molecule has 0 aliphatic carbocycles. The smallest absolute Gasteiger partial charge is 0.228 e. The minimum Gasteiger partial charge on any atom is -0.342 e. The summed E-state index contributed by atoms with van der Waals surface area (Å²) in [5.41, 5.74) is 1.09. The Morgan fingerprint density at radius 2 is 2.04 bits per heavy atom. The first-order valence-corrected chi connectivity index (χ1v) is 9.49. The van der Waals surface area contributed by atoms with Crippen molar-refractivity contribution in [3.63, 3.8) is 0 Å². The highest BCUT2D eigenvalue weighted by atomic mass is 19.1. The third kappa shape index (κ3) is 4.06. The number of halogens is 1. The molecular weight excluding hydrogens is 333 g/mol. The molecule has 0 aromatic heterocycles. The Morgan fingerprint density at radius 1 is 1.31 bits per heavy atom. The van der Waals surface area contributed by atoms with Gasteiger partial charge in [0.1, 0.15) is 5.82 Å². The van der Waals surface area contributed by atoms with Crippen LogP contribution in [0, 0.1) is 24.6 Å². The maximum Gasteiger partial charge on any atom is 0.228 e. The number of nitrogens with one attached hydrogen (secondary N) is 1. The average molecular weight is 361 g/mol. The van der Waals surface area contributed by atoms with Crippen molar-refractivity contribution in [2.75, 3.05) is 38.1 Å². The average Bonchev–Trinajstić information content (AvgIpc) is 3.01. The van der Waals surface area contributed by atoms with Gasteiger partial charge in [0, 0.05) is 26.1 Å². The van der Waals surface area contributed by atoms with Gasteiger partial charge in [-0.05, 0) is 63.4 Å². The van der Waals surface area contributed by atoms with E-state index >= 15 is 0 Å². The topological polar surface area (TPSA) is 52.7 Å². The van der Waals surface area contributed by atoms with Crippen molar-refractivity contribution >= 4 is 17.5 Å². The zero-order valence-corrected chi connectivity index (χ0v) is 15.6. The van der Waals surface area contributed by atoms with Crippen LogP contribution in [0.2, 0.25) is 0 Å². The minimum absolute atomic E-state index is 0.0421. The van der Waals surface area contributed by atoms with Crippen LogP contribution in [0.25, 0.3) is 0 Å². The van der Waals surface area contributed by atoms with Gasteiger partial charge in [-0.15, -0.1) is 0 Å². The Kier molecular flexibility index (Phi) is 5.91. The predicted molar refractivity (Wildman–Crippen MR) is 99.4 cm³/mol. The molecule has 2 aliphatic heterocycles. The Morgan fingerprint density at radius 3 is 2.69 bits per heavy atom. The lowest BCUT2D eigenvalue weighted by molar-refractivity contribution is -0.137. The molecule has 142 valence electrons. The molecule has 1 aromatic rings. The lowest BCUT2D eigenvalue weighted by Gasteiger charge is -2.33. The van der Waals surface area contributed by atoms with Crippen molar-refractivity contribution in [3.05, 3.63) is 29.6 Å². The van der Waals surface area contributed by atoms with E-state index in [0.29, 0.717) is 5.92 Å². The molecule has 2 aliphatic rings. The van der Waals surface area contributed by atoms with Crippen LogP contribution in [-0.2, 0) is 9.59 Å². The summed E-state index contributed by atoms with van der Waals surface area (Å²) in [6.07, 6.45) is 3.35. The standard InChI is InChI=1S/C20H28FN3O2/c1-14-3-4-18(17(21)11-14)24-13-16(12-19(24)25)20(26)23-9-6-15(7-10-23)5-8-22-2/h3-4,11,15-16,22H,5-10,12-13H2,1-2H3. The number of carbonyl (C=O) groups is 2. The highest BCUT2D eigenvalue weighted by molar-refractivity contribution is 6.00. The van der Waals surface area contributed by atoms with Crippen LogP contribution >= 0.6 is 0 Å². The fourth-order valence-corrected chi connectivity index (χ4v) is 3.99. The van der Waals surface area contributed by atoms with Crippen LogP contribution in [0.15, 0.2) is 18.2 Å². The largest absolute Gasteiger partial charge is 0.342 e. The van der Waals surface area contributed by atoms with Crippen LogP contribution in [0.5, 0.6) is 0 Å². The monoisotopic (exact) mass is 361 g/mol. The Bertz CT molecular complexity index is 671. The van der Waals surface area contributed by atoms with E-state index in [9.17, 15) is 14.0 Å². The van der Waals surface area contributed by atoms with Gasteiger partial charge < -0.3 is 15.1 Å². The van der Waals surface area contributed by atoms with E-state index in [4.69, 9.17) is 0 Å². The van der Waals surface area contributed by atoms with Crippen LogP contribution in [0.3, 0.4) is 0 Å². The molecule has 1 unspecified atom stereocenters. The number of benzene rings is 1. The molecule has 0 saturated carbocycles. The summed E-state index contributed by atoms with van der Waals surface area (Å²) in [4.78, 5) is 28.5. The second-order valence-electron chi connectivity index (χ2n) is 7.52. The van der Waals surface area contributed by atoms with E-state index < -0.39 is 5.82 Å². The molecule has 1 N–H and O–H groups in total. The summed E-state index contributed by atoms with van der Waals surface area (Å²) in [7, 11) is 1.96. The minimum atomic E-state index is -0.406. The molecule has 0 bridgehead atoms. The van der Waals surface area contributed by atoms with Gasteiger partial charge in [0.15, 0.2) is 0 Å². The summed E-state index contributed by atoms with van der Waals surface area (Å²) in [6.45, 7) is 4.61. The number of hydrogen-bond acceptors (Lipinski definition) is 3. The number of piperidine rings is 1. The van der Waals surface area contributed by atoms with E-state index in [-0.39, 0.29) is 36.4 Å². The summed E-state index contributed by atoms with van der Waals surface area (Å²) in [6, 6.07) is 4.84. The fraction of sp³-hybridized carbons (Fsp3) is 0.600. The van der Waals surface area contributed by atoms with Crippen molar-refractivity contribution in [2.45, 2.75) is 32.6 Å². The zero-order valence-electron chi connectivity index (χ0n) is 15.6. The van der Waals surface area contributed by atoms with Crippen molar-refractivity contribution in [3.8, 4) is 0 Å². The number of carbonyl (C=O) groups excluding carboxylic acids is 2. The first kappa shape index (κ1) is 18.8. The van der Waals surface area contributed by atoms with Crippen LogP contribution in [-0.4, -0.2) is 49.9 Å². The van der Waals surface area contributed by atoms with E-state index in [1.54, 1.807) is 12.1 Å². The first-order chi connectivity index (χ1) is 12.5. The van der Waals surface area contributed by atoms with Crippen molar-refractivity contribution in [1.29, 1.82) is 0 Å². The number of aryl methyl sites for hydroxylation is 1. The molecule has 26 heavy (non-hydrogen) atoms. The van der Waals surface area contributed by atoms with Crippen LogP contribution in [0.4, 0.5) is 10.1 Å². The number of likely N-dealkylation sites (tertiary alicyclic amines) is 1. The molecule has 5 nitrogen and oxygen atoms in total. The highest BCUT2D eigenvalue weighted by Crippen LogP contribution is 2.30. The van der Waals surface area contributed by atoms with E-state index in [2.05, 4.69) is 5.32 Å². The molecule has 2 amide bonds. The molecule has 1 atom stereocenters. The summed E-state index contributed by atoms with van der Waals surface area (Å²) in [5.74, 6) is -0.237. The Balaban J connectivity index is 1.59. The third-order valence-electron chi connectivity index (χ3n) is 5.60. The van der Waals surface area contributed by atoms with Gasteiger partial charge in [-0.3, -0.25) is 9.59 Å². The SMILES string of the molecule is CNCCC1CCN(C(=O)C2CC(=O)N(c3ccc(C)cc3F)C2)CC1. The van der Waals surface area contributed by atoms with Crippen molar-refractivity contribution in [1.82, 2.24) is 10.2 Å². The van der Waals surface area contributed by atoms with Gasteiger partial charge in [-0.2, -0.15) is 0 Å². The second kappa shape index (κ2) is 8.16. The van der Waals surface area contributed by atoms with E-state index in [0.717, 1.165) is 44.5 Å².